The summed E-state index contributed by atoms with van der Waals surface area (Å²) < 4.78 is 29.1. The number of aryl methyl sites for hydroxylation is 2. The maximum Gasteiger partial charge on any atom is 0.412 e. The van der Waals surface area contributed by atoms with Crippen molar-refractivity contribution in [2.75, 3.05) is 10.6 Å². The molecule has 214 valence electrons. The Labute approximate surface area is 232 Å². The van der Waals surface area contributed by atoms with E-state index in [1.165, 1.54) is 10.6 Å². The van der Waals surface area contributed by atoms with Crippen molar-refractivity contribution in [2.24, 2.45) is 7.05 Å². The van der Waals surface area contributed by atoms with Gasteiger partial charge in [0.15, 0.2) is 0 Å². The van der Waals surface area contributed by atoms with Crippen LogP contribution in [0.1, 0.15) is 62.8 Å². The van der Waals surface area contributed by atoms with Crippen LogP contribution in [-0.4, -0.2) is 38.1 Å². The molecule has 40 heavy (non-hydrogen) atoms. The van der Waals surface area contributed by atoms with Crippen molar-refractivity contribution in [3.63, 3.8) is 0 Å². The maximum atomic E-state index is 15.5. The molecule has 0 bridgehead atoms. The van der Waals surface area contributed by atoms with Gasteiger partial charge in [0.2, 0.25) is 0 Å². The Morgan fingerprint density at radius 2 is 1.93 bits per heavy atom. The summed E-state index contributed by atoms with van der Waals surface area (Å²) in [4.78, 5) is 38.7. The third-order valence-corrected chi connectivity index (χ3v) is 5.88. The molecule has 0 aliphatic heterocycles. The first-order valence-corrected chi connectivity index (χ1v) is 12.9. The summed E-state index contributed by atoms with van der Waals surface area (Å²) in [6.07, 6.45) is 1.49. The predicted molar refractivity (Wildman–Crippen MR) is 152 cm³/mol. The van der Waals surface area contributed by atoms with E-state index >= 15 is 4.39 Å². The van der Waals surface area contributed by atoms with Crippen molar-refractivity contribution in [3.05, 3.63) is 76.2 Å². The van der Waals surface area contributed by atoms with Crippen molar-refractivity contribution >= 4 is 23.4 Å². The number of ether oxygens (including phenoxy) is 2. The van der Waals surface area contributed by atoms with Gasteiger partial charge in [-0.25, -0.2) is 14.0 Å². The molecule has 3 aromatic rings. The molecular weight excluding hydrogens is 517 g/mol. The number of rotatable bonds is 9. The van der Waals surface area contributed by atoms with Crippen molar-refractivity contribution in [3.8, 4) is 11.4 Å². The summed E-state index contributed by atoms with van der Waals surface area (Å²) in [6.45, 7) is 14.3. The Balaban J connectivity index is 2.05. The van der Waals surface area contributed by atoms with Gasteiger partial charge in [-0.15, -0.1) is 11.7 Å². The molecule has 11 heteroatoms. The van der Waals surface area contributed by atoms with Gasteiger partial charge in [-0.2, -0.15) is 4.68 Å². The number of anilines is 2. The minimum atomic E-state index is -0.839. The molecular formula is C29H36FN5O5. The monoisotopic (exact) mass is 553 g/mol. The first-order valence-electron chi connectivity index (χ1n) is 12.9. The summed E-state index contributed by atoms with van der Waals surface area (Å²) in [5, 5.41) is 9.65. The van der Waals surface area contributed by atoms with E-state index in [1.807, 2.05) is 6.92 Å². The van der Waals surface area contributed by atoms with Crippen LogP contribution in [0.25, 0.3) is 5.69 Å². The first kappa shape index (κ1) is 30.1. The van der Waals surface area contributed by atoms with Gasteiger partial charge in [-0.3, -0.25) is 14.7 Å². The number of nitrogens with zero attached hydrogens (tertiary/aromatic N) is 3. The van der Waals surface area contributed by atoms with Gasteiger partial charge in [-0.05, 0) is 52.3 Å². The van der Waals surface area contributed by atoms with E-state index in [2.05, 4.69) is 22.3 Å². The standard InChI is InChI=1S/C29H36FN5O5/c1-9-12-18(4)39-23-16-22(35-28(38)34(8)24(10-2)33-35)20(30)15-19(23)26(36)32-25-17(3)13-11-14-21(25)31-27(37)40-29(5,6)7/h9,11,13-16,18H,1,10,12H2,2-8H3,(H,31,37)(H,32,36). The van der Waals surface area contributed by atoms with E-state index in [1.54, 1.807) is 65.9 Å². The van der Waals surface area contributed by atoms with E-state index in [-0.39, 0.29) is 17.0 Å². The van der Waals surface area contributed by atoms with E-state index < -0.39 is 35.2 Å². The second-order valence-corrected chi connectivity index (χ2v) is 10.4. The lowest BCUT2D eigenvalue weighted by Gasteiger charge is -2.21. The lowest BCUT2D eigenvalue weighted by Crippen LogP contribution is -2.28. The Bertz CT molecular complexity index is 1490. The summed E-state index contributed by atoms with van der Waals surface area (Å²) in [6, 6.07) is 7.37. The molecule has 2 aromatic carbocycles. The smallest absolute Gasteiger partial charge is 0.412 e. The second-order valence-electron chi connectivity index (χ2n) is 10.4. The quantitative estimate of drug-likeness (QED) is 0.337. The largest absolute Gasteiger partial charge is 0.489 e. The molecule has 0 radical (unpaired) electrons. The van der Waals surface area contributed by atoms with Crippen LogP contribution in [0.3, 0.4) is 0 Å². The minimum Gasteiger partial charge on any atom is -0.489 e. The predicted octanol–water partition coefficient (Wildman–Crippen LogP) is 5.52. The van der Waals surface area contributed by atoms with Crippen LogP contribution in [0.15, 0.2) is 47.8 Å². The van der Waals surface area contributed by atoms with Gasteiger partial charge < -0.3 is 14.8 Å². The number of nitrogens with one attached hydrogen (secondary N) is 2. The lowest BCUT2D eigenvalue weighted by atomic mass is 10.1. The molecule has 1 atom stereocenters. The van der Waals surface area contributed by atoms with E-state index in [0.717, 1.165) is 10.7 Å². The molecule has 0 aliphatic carbocycles. The SMILES string of the molecule is C=CCC(C)Oc1cc(-n2nc(CC)n(C)c2=O)c(F)cc1C(=O)Nc1c(C)cccc1NC(=O)OC(C)(C)C. The first-order chi connectivity index (χ1) is 18.7. The molecule has 0 spiro atoms. The molecule has 0 saturated heterocycles. The molecule has 1 aromatic heterocycles. The summed E-state index contributed by atoms with van der Waals surface area (Å²) in [7, 11) is 1.55. The van der Waals surface area contributed by atoms with Gasteiger partial charge in [-0.1, -0.05) is 25.1 Å². The molecule has 0 aliphatic rings. The van der Waals surface area contributed by atoms with Gasteiger partial charge in [0.25, 0.3) is 5.91 Å². The van der Waals surface area contributed by atoms with Crippen LogP contribution in [0, 0.1) is 12.7 Å². The Kier molecular flexibility index (Phi) is 9.18. The third kappa shape index (κ3) is 6.96. The van der Waals surface area contributed by atoms with Crippen LogP contribution in [-0.2, 0) is 18.2 Å². The fourth-order valence-corrected chi connectivity index (χ4v) is 3.95. The number of hydrogen-bond acceptors (Lipinski definition) is 6. The van der Waals surface area contributed by atoms with E-state index in [0.29, 0.717) is 35.6 Å². The maximum absolute atomic E-state index is 15.5. The summed E-state index contributed by atoms with van der Waals surface area (Å²) in [5.41, 5.74) is -0.261. The highest BCUT2D eigenvalue weighted by molar-refractivity contribution is 6.09. The Morgan fingerprint density at radius 3 is 2.52 bits per heavy atom. The summed E-state index contributed by atoms with van der Waals surface area (Å²) >= 11 is 0. The molecule has 3 rings (SSSR count). The fraction of sp³-hybridized carbons (Fsp3) is 0.379. The molecule has 2 amide bonds. The van der Waals surface area contributed by atoms with Gasteiger partial charge >= 0.3 is 11.8 Å². The molecule has 0 saturated carbocycles. The van der Waals surface area contributed by atoms with Crippen molar-refractivity contribution in [2.45, 2.75) is 66.1 Å². The average molecular weight is 554 g/mol. The third-order valence-electron chi connectivity index (χ3n) is 5.88. The Hall–Kier alpha value is -4.41. The van der Waals surface area contributed by atoms with Crippen molar-refractivity contribution in [1.82, 2.24) is 14.3 Å². The molecule has 1 unspecified atom stereocenters. The van der Waals surface area contributed by atoms with Crippen molar-refractivity contribution in [1.29, 1.82) is 0 Å². The minimum absolute atomic E-state index is 0.0501. The molecule has 10 nitrogen and oxygen atoms in total. The highest BCUT2D eigenvalue weighted by atomic mass is 19.1. The number of para-hydroxylation sites is 1. The van der Waals surface area contributed by atoms with Crippen LogP contribution < -0.4 is 21.1 Å². The van der Waals surface area contributed by atoms with Gasteiger partial charge in [0.05, 0.1) is 23.0 Å². The van der Waals surface area contributed by atoms with Crippen LogP contribution in [0.5, 0.6) is 5.75 Å². The van der Waals surface area contributed by atoms with Crippen molar-refractivity contribution < 1.29 is 23.5 Å². The number of halogens is 1. The zero-order valence-electron chi connectivity index (χ0n) is 23.9. The van der Waals surface area contributed by atoms with Gasteiger partial charge in [0.1, 0.15) is 28.7 Å². The number of hydrogen-bond donors (Lipinski definition) is 2. The highest BCUT2D eigenvalue weighted by Crippen LogP contribution is 2.31. The zero-order chi connectivity index (χ0) is 29.8. The van der Waals surface area contributed by atoms with Gasteiger partial charge in [0, 0.05) is 26.0 Å². The average Bonchev–Trinajstić information content (AvgIpc) is 3.14. The number of amides is 2. The molecule has 0 fully saturated rings. The van der Waals surface area contributed by atoms with E-state index in [9.17, 15) is 14.4 Å². The highest BCUT2D eigenvalue weighted by Gasteiger charge is 2.24. The van der Waals surface area contributed by atoms with E-state index in [4.69, 9.17) is 9.47 Å². The number of carbonyl (C=O) groups is 2. The topological polar surface area (TPSA) is 116 Å². The number of aromatic nitrogens is 3. The lowest BCUT2D eigenvalue weighted by molar-refractivity contribution is 0.0635. The fourth-order valence-electron chi connectivity index (χ4n) is 3.95. The normalized spacial score (nSPS) is 12.0. The van der Waals surface area contributed by atoms with Crippen LogP contribution in [0.4, 0.5) is 20.6 Å². The molecule has 1 heterocycles. The summed E-state index contributed by atoms with van der Waals surface area (Å²) in [5.74, 6) is -1.00. The zero-order valence-corrected chi connectivity index (χ0v) is 23.9. The second kappa shape index (κ2) is 12.2. The number of carbonyl (C=O) groups excluding carboxylic acids is 2. The Morgan fingerprint density at radius 1 is 1.23 bits per heavy atom. The van der Waals surface area contributed by atoms with Crippen LogP contribution >= 0.6 is 0 Å². The molecule has 2 N–H and O–H groups in total. The number of benzene rings is 2. The van der Waals surface area contributed by atoms with Crippen LogP contribution in [0.2, 0.25) is 0 Å².